The van der Waals surface area contributed by atoms with Gasteiger partial charge >= 0.3 is 0 Å². The van der Waals surface area contributed by atoms with Gasteiger partial charge in [-0.15, -0.1) is 0 Å². The third-order valence-electron chi connectivity index (χ3n) is 4.13. The van der Waals surface area contributed by atoms with Crippen molar-refractivity contribution in [2.75, 3.05) is 19.6 Å². The van der Waals surface area contributed by atoms with Crippen LogP contribution < -0.4 is 5.32 Å². The Balaban J connectivity index is 1.63. The summed E-state index contributed by atoms with van der Waals surface area (Å²) in [7, 11) is 0. The largest absolute Gasteiger partial charge is 0.355 e. The van der Waals surface area contributed by atoms with Gasteiger partial charge in [-0.3, -0.25) is 9.69 Å². The van der Waals surface area contributed by atoms with Crippen molar-refractivity contribution in [2.24, 2.45) is 5.92 Å². The van der Waals surface area contributed by atoms with Gasteiger partial charge in [-0.05, 0) is 25.2 Å². The van der Waals surface area contributed by atoms with E-state index in [0.717, 1.165) is 0 Å². The lowest BCUT2D eigenvalue weighted by Gasteiger charge is -2.39. The molecule has 1 amide bonds. The summed E-state index contributed by atoms with van der Waals surface area (Å²) < 4.78 is 25.0. The fourth-order valence-corrected chi connectivity index (χ4v) is 2.83. The quantitative estimate of drug-likeness (QED) is 0.820. The van der Waals surface area contributed by atoms with Crippen LogP contribution in [0.3, 0.4) is 0 Å². The first-order valence-electron chi connectivity index (χ1n) is 6.95. The Morgan fingerprint density at radius 1 is 1.22 bits per heavy atom. The molecule has 0 radical (unpaired) electrons. The van der Waals surface area contributed by atoms with Crippen molar-refractivity contribution in [3.8, 4) is 0 Å². The van der Waals surface area contributed by atoms with Crippen LogP contribution in [0.1, 0.15) is 38.5 Å². The molecule has 1 aliphatic carbocycles. The molecule has 0 aromatic rings. The van der Waals surface area contributed by atoms with Gasteiger partial charge in [0.2, 0.25) is 5.91 Å². The zero-order chi connectivity index (χ0) is 13.0. The summed E-state index contributed by atoms with van der Waals surface area (Å²) in [4.78, 5) is 13.2. The second-order valence-electron chi connectivity index (χ2n) is 5.47. The smallest absolute Gasteiger partial charge is 0.253 e. The Morgan fingerprint density at radius 2 is 1.94 bits per heavy atom. The zero-order valence-corrected chi connectivity index (χ0v) is 10.7. The van der Waals surface area contributed by atoms with Crippen molar-refractivity contribution in [1.29, 1.82) is 0 Å². The van der Waals surface area contributed by atoms with Crippen LogP contribution in [0.2, 0.25) is 0 Å². The molecular formula is C13H22F2N2O. The maximum atomic E-state index is 12.5. The summed E-state index contributed by atoms with van der Waals surface area (Å²) >= 11 is 0. The van der Waals surface area contributed by atoms with Gasteiger partial charge in [0.05, 0.1) is 12.6 Å². The molecule has 0 spiro atoms. The normalized spacial score (nSPS) is 26.1. The van der Waals surface area contributed by atoms with Gasteiger partial charge in [0.15, 0.2) is 0 Å². The van der Waals surface area contributed by atoms with Gasteiger partial charge in [0, 0.05) is 13.1 Å². The van der Waals surface area contributed by atoms with Crippen LogP contribution in [0.4, 0.5) is 8.78 Å². The summed E-state index contributed by atoms with van der Waals surface area (Å²) in [5.74, 6) is 0.482. The lowest BCUT2D eigenvalue weighted by atomic mass is 9.89. The van der Waals surface area contributed by atoms with Crippen LogP contribution in [0.5, 0.6) is 0 Å². The van der Waals surface area contributed by atoms with Gasteiger partial charge in [-0.2, -0.15) is 0 Å². The van der Waals surface area contributed by atoms with Crippen molar-refractivity contribution in [3.63, 3.8) is 0 Å². The van der Waals surface area contributed by atoms with Crippen molar-refractivity contribution < 1.29 is 13.6 Å². The van der Waals surface area contributed by atoms with E-state index in [0.29, 0.717) is 25.4 Å². The van der Waals surface area contributed by atoms with Gasteiger partial charge in [0.25, 0.3) is 6.43 Å². The summed E-state index contributed by atoms with van der Waals surface area (Å²) in [6.07, 6.45) is 4.35. The van der Waals surface area contributed by atoms with Crippen LogP contribution in [-0.4, -0.2) is 42.9 Å². The number of alkyl halides is 2. The van der Waals surface area contributed by atoms with Gasteiger partial charge in [-0.1, -0.05) is 19.3 Å². The monoisotopic (exact) mass is 260 g/mol. The maximum absolute atomic E-state index is 12.5. The van der Waals surface area contributed by atoms with Crippen LogP contribution in [0.25, 0.3) is 0 Å². The SMILES string of the molecule is O=C(CN1CC[C@H]1C(F)F)NCC1CCCCC1. The van der Waals surface area contributed by atoms with E-state index in [1.54, 1.807) is 4.90 Å². The maximum Gasteiger partial charge on any atom is 0.253 e. The zero-order valence-electron chi connectivity index (χ0n) is 10.7. The molecule has 1 atom stereocenters. The molecule has 1 heterocycles. The minimum absolute atomic E-state index is 0.106. The minimum Gasteiger partial charge on any atom is -0.355 e. The molecule has 0 aromatic heterocycles. The molecule has 2 aliphatic rings. The number of nitrogens with one attached hydrogen (secondary N) is 1. The first-order valence-corrected chi connectivity index (χ1v) is 6.95. The highest BCUT2D eigenvalue weighted by atomic mass is 19.3. The number of carbonyl (C=O) groups excluding carboxylic acids is 1. The number of hydrogen-bond acceptors (Lipinski definition) is 2. The number of nitrogens with zero attached hydrogens (tertiary/aromatic N) is 1. The van der Waals surface area contributed by atoms with Crippen molar-refractivity contribution in [2.45, 2.75) is 51.0 Å². The average Bonchev–Trinajstić information content (AvgIpc) is 2.32. The fraction of sp³-hybridized carbons (Fsp3) is 0.923. The van der Waals surface area contributed by atoms with Crippen LogP contribution >= 0.6 is 0 Å². The van der Waals surface area contributed by atoms with Crippen LogP contribution in [0.15, 0.2) is 0 Å². The second-order valence-corrected chi connectivity index (χ2v) is 5.47. The number of halogens is 2. The third kappa shape index (κ3) is 3.64. The van der Waals surface area contributed by atoms with E-state index < -0.39 is 12.5 Å². The molecule has 0 unspecified atom stereocenters. The number of carbonyl (C=O) groups is 1. The molecule has 2 rings (SSSR count). The van der Waals surface area contributed by atoms with Crippen molar-refractivity contribution in [1.82, 2.24) is 10.2 Å². The Hall–Kier alpha value is -0.710. The molecule has 0 bridgehead atoms. The fourth-order valence-electron chi connectivity index (χ4n) is 2.83. The predicted octanol–water partition coefficient (Wildman–Crippen LogP) is 2.02. The lowest BCUT2D eigenvalue weighted by Crippen LogP contribution is -2.55. The second kappa shape index (κ2) is 6.45. The van der Waals surface area contributed by atoms with Crippen molar-refractivity contribution in [3.05, 3.63) is 0 Å². The molecule has 1 saturated carbocycles. The molecule has 18 heavy (non-hydrogen) atoms. The van der Waals surface area contributed by atoms with Crippen LogP contribution in [0, 0.1) is 5.92 Å². The molecule has 0 aromatic carbocycles. The number of amides is 1. The van der Waals surface area contributed by atoms with Gasteiger partial charge in [0.1, 0.15) is 0 Å². The number of hydrogen-bond donors (Lipinski definition) is 1. The third-order valence-corrected chi connectivity index (χ3v) is 4.13. The number of likely N-dealkylation sites (tertiary alicyclic amines) is 1. The van der Waals surface area contributed by atoms with E-state index in [-0.39, 0.29) is 12.5 Å². The molecule has 104 valence electrons. The molecular weight excluding hydrogens is 238 g/mol. The highest BCUT2D eigenvalue weighted by Crippen LogP contribution is 2.24. The first kappa shape index (κ1) is 13.7. The van der Waals surface area contributed by atoms with E-state index in [1.807, 2.05) is 0 Å². The number of rotatable bonds is 5. The Morgan fingerprint density at radius 3 is 2.50 bits per heavy atom. The molecule has 3 nitrogen and oxygen atoms in total. The van der Waals surface area contributed by atoms with E-state index in [9.17, 15) is 13.6 Å². The Bertz CT molecular complexity index is 280. The summed E-state index contributed by atoms with van der Waals surface area (Å²) in [6.45, 7) is 1.46. The van der Waals surface area contributed by atoms with E-state index in [4.69, 9.17) is 0 Å². The van der Waals surface area contributed by atoms with Gasteiger partial charge in [-0.25, -0.2) is 8.78 Å². The topological polar surface area (TPSA) is 32.3 Å². The molecule has 1 N–H and O–H groups in total. The Labute approximate surface area is 107 Å². The highest BCUT2D eigenvalue weighted by molar-refractivity contribution is 5.78. The molecule has 1 saturated heterocycles. The Kier molecular flexibility index (Phi) is 4.92. The lowest BCUT2D eigenvalue weighted by molar-refractivity contribution is -0.126. The van der Waals surface area contributed by atoms with E-state index in [2.05, 4.69) is 5.32 Å². The summed E-state index contributed by atoms with van der Waals surface area (Å²) in [5, 5.41) is 2.89. The molecule has 2 fully saturated rings. The van der Waals surface area contributed by atoms with Crippen molar-refractivity contribution >= 4 is 5.91 Å². The highest BCUT2D eigenvalue weighted by Gasteiger charge is 2.36. The molecule has 1 aliphatic heterocycles. The summed E-state index contributed by atoms with van der Waals surface area (Å²) in [6, 6.07) is -0.703. The molecule has 5 heteroatoms. The van der Waals surface area contributed by atoms with E-state index in [1.165, 1.54) is 32.1 Å². The standard InChI is InChI=1S/C13H22F2N2O/c14-13(15)11-6-7-17(11)9-12(18)16-8-10-4-2-1-3-5-10/h10-11,13H,1-9H2,(H,16,18)/t11-/m0/s1. The van der Waals surface area contributed by atoms with E-state index >= 15 is 0 Å². The van der Waals surface area contributed by atoms with Gasteiger partial charge < -0.3 is 5.32 Å². The average molecular weight is 260 g/mol. The predicted molar refractivity (Wildman–Crippen MR) is 65.6 cm³/mol. The first-order chi connectivity index (χ1) is 8.66. The van der Waals surface area contributed by atoms with Crippen LogP contribution in [-0.2, 0) is 4.79 Å². The minimum atomic E-state index is -2.33. The summed E-state index contributed by atoms with van der Waals surface area (Å²) in [5.41, 5.74) is 0.